The van der Waals surface area contributed by atoms with Crippen LogP contribution in [0.4, 0.5) is 0 Å². The van der Waals surface area contributed by atoms with E-state index in [1.54, 1.807) is 0 Å². The summed E-state index contributed by atoms with van der Waals surface area (Å²) < 4.78 is 0. The van der Waals surface area contributed by atoms with Gasteiger partial charge < -0.3 is 10.9 Å². The van der Waals surface area contributed by atoms with Crippen molar-refractivity contribution >= 4 is 5.84 Å². The first-order chi connectivity index (χ1) is 7.06. The van der Waals surface area contributed by atoms with E-state index in [4.69, 9.17) is 10.9 Å². The number of nitrogens with zero attached hydrogens (tertiary/aromatic N) is 1. The van der Waals surface area contributed by atoms with E-state index in [0.29, 0.717) is 5.84 Å². The first-order valence-corrected chi connectivity index (χ1v) is 5.13. The minimum absolute atomic E-state index is 0.0567. The van der Waals surface area contributed by atoms with Crippen molar-refractivity contribution in [1.29, 1.82) is 0 Å². The van der Waals surface area contributed by atoms with E-state index in [1.165, 1.54) is 11.1 Å². The second kappa shape index (κ2) is 3.26. The molecule has 3 nitrogen and oxygen atoms in total. The predicted molar refractivity (Wildman–Crippen MR) is 60.2 cm³/mol. The van der Waals surface area contributed by atoms with Crippen LogP contribution in [0.2, 0.25) is 0 Å². The maximum atomic E-state index is 8.75. The van der Waals surface area contributed by atoms with Crippen LogP contribution in [0.25, 0.3) is 0 Å². The molecule has 1 aliphatic rings. The average Bonchev–Trinajstić information content (AvgIpc) is 2.51. The van der Waals surface area contributed by atoms with Crippen molar-refractivity contribution in [2.24, 2.45) is 10.9 Å². The number of amidine groups is 1. The fourth-order valence-corrected chi connectivity index (χ4v) is 2.48. The van der Waals surface area contributed by atoms with Gasteiger partial charge >= 0.3 is 0 Å². The van der Waals surface area contributed by atoms with Crippen LogP contribution in [-0.4, -0.2) is 11.0 Å². The van der Waals surface area contributed by atoms with Gasteiger partial charge in [0.05, 0.1) is 0 Å². The first kappa shape index (κ1) is 10.0. The molecule has 80 valence electrons. The Hall–Kier alpha value is -1.51. The van der Waals surface area contributed by atoms with Crippen molar-refractivity contribution in [2.45, 2.75) is 31.6 Å². The van der Waals surface area contributed by atoms with E-state index in [0.717, 1.165) is 6.42 Å². The highest BCUT2D eigenvalue weighted by atomic mass is 16.4. The lowest BCUT2D eigenvalue weighted by atomic mass is 9.86. The SMILES string of the molecule is CC1(C)CC(C(N)=NO)c2ccccc21. The van der Waals surface area contributed by atoms with Crippen LogP contribution in [0, 0.1) is 0 Å². The van der Waals surface area contributed by atoms with Crippen LogP contribution in [0.3, 0.4) is 0 Å². The highest BCUT2D eigenvalue weighted by Gasteiger charge is 2.38. The van der Waals surface area contributed by atoms with Crippen molar-refractivity contribution in [1.82, 2.24) is 0 Å². The third kappa shape index (κ3) is 1.48. The minimum atomic E-state index is 0.0567. The zero-order valence-corrected chi connectivity index (χ0v) is 9.07. The van der Waals surface area contributed by atoms with Gasteiger partial charge in [-0.2, -0.15) is 0 Å². The van der Waals surface area contributed by atoms with Gasteiger partial charge in [0.25, 0.3) is 0 Å². The number of hydrogen-bond acceptors (Lipinski definition) is 2. The predicted octanol–water partition coefficient (Wildman–Crippen LogP) is 2.20. The van der Waals surface area contributed by atoms with Crippen molar-refractivity contribution in [2.75, 3.05) is 0 Å². The number of nitrogens with two attached hydrogens (primary N) is 1. The molecule has 0 saturated carbocycles. The maximum absolute atomic E-state index is 8.75. The van der Waals surface area contributed by atoms with Gasteiger partial charge in [-0.25, -0.2) is 0 Å². The molecule has 1 unspecified atom stereocenters. The van der Waals surface area contributed by atoms with E-state index in [9.17, 15) is 0 Å². The third-order valence-electron chi connectivity index (χ3n) is 3.25. The molecule has 15 heavy (non-hydrogen) atoms. The quantitative estimate of drug-likeness (QED) is 0.319. The van der Waals surface area contributed by atoms with Crippen LogP contribution < -0.4 is 5.73 Å². The highest BCUT2D eigenvalue weighted by Crippen LogP contribution is 2.45. The summed E-state index contributed by atoms with van der Waals surface area (Å²) in [5.74, 6) is 0.370. The number of benzene rings is 1. The van der Waals surface area contributed by atoms with Gasteiger partial charge in [0.1, 0.15) is 5.84 Å². The maximum Gasteiger partial charge on any atom is 0.146 e. The number of fused-ring (bicyclic) bond motifs is 1. The van der Waals surface area contributed by atoms with Gasteiger partial charge in [0.15, 0.2) is 0 Å². The monoisotopic (exact) mass is 204 g/mol. The second-order valence-electron chi connectivity index (χ2n) is 4.75. The first-order valence-electron chi connectivity index (χ1n) is 5.13. The Bertz CT molecular complexity index is 410. The highest BCUT2D eigenvalue weighted by molar-refractivity contribution is 5.88. The Morgan fingerprint density at radius 3 is 2.80 bits per heavy atom. The molecule has 3 N–H and O–H groups in total. The topological polar surface area (TPSA) is 58.6 Å². The normalized spacial score (nSPS) is 23.9. The summed E-state index contributed by atoms with van der Waals surface area (Å²) in [7, 11) is 0. The summed E-state index contributed by atoms with van der Waals surface area (Å²) in [5, 5.41) is 11.9. The zero-order valence-electron chi connectivity index (χ0n) is 9.07. The van der Waals surface area contributed by atoms with Gasteiger partial charge in [0.2, 0.25) is 0 Å². The fourth-order valence-electron chi connectivity index (χ4n) is 2.48. The van der Waals surface area contributed by atoms with Gasteiger partial charge in [-0.05, 0) is 23.0 Å². The summed E-state index contributed by atoms with van der Waals surface area (Å²) in [6.45, 7) is 4.38. The number of oxime groups is 1. The van der Waals surface area contributed by atoms with E-state index in [-0.39, 0.29) is 11.3 Å². The molecule has 0 amide bonds. The van der Waals surface area contributed by atoms with Crippen molar-refractivity contribution in [3.05, 3.63) is 35.4 Å². The Labute approximate surface area is 89.6 Å². The van der Waals surface area contributed by atoms with E-state index in [1.807, 2.05) is 12.1 Å². The molecular weight excluding hydrogens is 188 g/mol. The summed E-state index contributed by atoms with van der Waals surface area (Å²) in [5.41, 5.74) is 8.32. The van der Waals surface area contributed by atoms with Crippen LogP contribution in [0.1, 0.15) is 37.3 Å². The van der Waals surface area contributed by atoms with Gasteiger partial charge in [-0.3, -0.25) is 0 Å². The minimum Gasteiger partial charge on any atom is -0.409 e. The van der Waals surface area contributed by atoms with E-state index in [2.05, 4.69) is 31.1 Å². The molecule has 0 fully saturated rings. The molecule has 1 aromatic rings. The zero-order chi connectivity index (χ0) is 11.1. The van der Waals surface area contributed by atoms with E-state index >= 15 is 0 Å². The molecule has 0 bridgehead atoms. The smallest absolute Gasteiger partial charge is 0.146 e. The molecule has 0 aromatic heterocycles. The van der Waals surface area contributed by atoms with Crippen LogP contribution >= 0.6 is 0 Å². The summed E-state index contributed by atoms with van der Waals surface area (Å²) in [6.07, 6.45) is 0.905. The average molecular weight is 204 g/mol. The standard InChI is InChI=1S/C12H16N2O/c1-12(2)7-9(11(13)14-15)8-5-3-4-6-10(8)12/h3-6,9,15H,7H2,1-2H3,(H2,13,14). The van der Waals surface area contributed by atoms with Gasteiger partial charge in [-0.1, -0.05) is 43.3 Å². The third-order valence-corrected chi connectivity index (χ3v) is 3.25. The Kier molecular flexibility index (Phi) is 2.18. The molecule has 3 heteroatoms. The van der Waals surface area contributed by atoms with Gasteiger partial charge in [0, 0.05) is 5.92 Å². The Morgan fingerprint density at radius 1 is 1.47 bits per heavy atom. The Morgan fingerprint density at radius 2 is 2.13 bits per heavy atom. The lowest BCUT2D eigenvalue weighted by Gasteiger charge is -2.18. The van der Waals surface area contributed by atoms with Crippen LogP contribution in [-0.2, 0) is 5.41 Å². The summed E-state index contributed by atoms with van der Waals surface area (Å²) >= 11 is 0. The van der Waals surface area contributed by atoms with Gasteiger partial charge in [-0.15, -0.1) is 0 Å². The molecule has 0 heterocycles. The molecule has 0 saturated heterocycles. The molecule has 1 aliphatic carbocycles. The van der Waals surface area contributed by atoms with E-state index < -0.39 is 0 Å². The Balaban J connectivity index is 2.52. The largest absolute Gasteiger partial charge is 0.409 e. The summed E-state index contributed by atoms with van der Waals surface area (Å²) in [6, 6.07) is 8.22. The number of hydrogen-bond donors (Lipinski definition) is 2. The molecule has 0 spiro atoms. The fraction of sp³-hybridized carbons (Fsp3) is 0.417. The van der Waals surface area contributed by atoms with Crippen molar-refractivity contribution in [3.8, 4) is 0 Å². The molecular formula is C12H16N2O. The van der Waals surface area contributed by atoms with Crippen LogP contribution in [0.15, 0.2) is 29.4 Å². The second-order valence-corrected chi connectivity index (χ2v) is 4.75. The lowest BCUT2D eigenvalue weighted by molar-refractivity contribution is 0.315. The molecule has 0 radical (unpaired) electrons. The van der Waals surface area contributed by atoms with Crippen LogP contribution in [0.5, 0.6) is 0 Å². The van der Waals surface area contributed by atoms with Crippen molar-refractivity contribution < 1.29 is 5.21 Å². The van der Waals surface area contributed by atoms with Crippen molar-refractivity contribution in [3.63, 3.8) is 0 Å². The molecule has 1 aromatic carbocycles. The molecule has 0 aliphatic heterocycles. The lowest BCUT2D eigenvalue weighted by Crippen LogP contribution is -2.22. The molecule has 2 rings (SSSR count). The summed E-state index contributed by atoms with van der Waals surface area (Å²) in [4.78, 5) is 0. The molecule has 1 atom stereocenters. The number of rotatable bonds is 1.